The average Bonchev–Trinajstić information content (AvgIpc) is 2.71. The first-order valence-corrected chi connectivity index (χ1v) is 8.35. The molecule has 0 unspecified atom stereocenters. The van der Waals surface area contributed by atoms with Crippen molar-refractivity contribution in [2.24, 2.45) is 0 Å². The second-order valence-electron chi connectivity index (χ2n) is 6.90. The van der Waals surface area contributed by atoms with Gasteiger partial charge in [0.25, 0.3) is 0 Å². The van der Waals surface area contributed by atoms with Crippen molar-refractivity contribution >= 4 is 22.7 Å². The van der Waals surface area contributed by atoms with E-state index in [0.29, 0.717) is 0 Å². The summed E-state index contributed by atoms with van der Waals surface area (Å²) in [4.78, 5) is 0. The monoisotopic (exact) mass is 318 g/mol. The maximum Gasteiger partial charge on any atom is 0.0409 e. The van der Waals surface area contributed by atoms with Gasteiger partial charge in [0.15, 0.2) is 0 Å². The summed E-state index contributed by atoms with van der Waals surface area (Å²) in [5.41, 5.74) is 9.09. The Morgan fingerprint density at radius 3 is 2.61 bits per heavy atom. The molecule has 0 saturated carbocycles. The van der Waals surface area contributed by atoms with E-state index in [1.807, 2.05) is 6.07 Å². The first-order valence-electron chi connectivity index (χ1n) is 7.98. The summed E-state index contributed by atoms with van der Waals surface area (Å²) in [7, 11) is 0. The highest BCUT2D eigenvalue weighted by atomic mass is 35.5. The van der Waals surface area contributed by atoms with Gasteiger partial charge in [-0.1, -0.05) is 74.5 Å². The summed E-state index contributed by atoms with van der Waals surface area (Å²) in [6.45, 7) is 8.82. The highest BCUT2D eigenvalue weighted by molar-refractivity contribution is 6.30. The topological polar surface area (TPSA) is 0 Å². The molecule has 2 aliphatic carbocycles. The zero-order valence-corrected chi connectivity index (χ0v) is 14.2. The number of hydrogen-bond donors (Lipinski definition) is 0. The Kier molecular flexibility index (Phi) is 3.14. The first-order chi connectivity index (χ1) is 11.0. The lowest BCUT2D eigenvalue weighted by atomic mass is 9.80. The molecule has 2 aromatic rings. The van der Waals surface area contributed by atoms with Gasteiger partial charge in [0.1, 0.15) is 0 Å². The molecule has 0 aliphatic heterocycles. The molecule has 0 bridgehead atoms. The van der Waals surface area contributed by atoms with Crippen molar-refractivity contribution in [2.75, 3.05) is 0 Å². The molecule has 0 heterocycles. The predicted molar refractivity (Wildman–Crippen MR) is 99.7 cm³/mol. The molecule has 114 valence electrons. The molecule has 0 fully saturated rings. The molecule has 0 spiro atoms. The predicted octanol–water partition coefficient (Wildman–Crippen LogP) is 6.21. The number of fused-ring (bicyclic) bond motifs is 3. The smallest absolute Gasteiger partial charge is 0.0409 e. The highest BCUT2D eigenvalue weighted by Gasteiger charge is 2.37. The molecule has 2 aromatic carbocycles. The lowest BCUT2D eigenvalue weighted by Gasteiger charge is -2.24. The maximum atomic E-state index is 6.27. The fraction of sp³-hybridized carbons (Fsp3) is 0.182. The highest BCUT2D eigenvalue weighted by Crippen LogP contribution is 2.49. The van der Waals surface area contributed by atoms with Gasteiger partial charge in [0.2, 0.25) is 0 Å². The van der Waals surface area contributed by atoms with Crippen LogP contribution in [-0.4, -0.2) is 0 Å². The molecule has 0 aromatic heterocycles. The molecule has 0 amide bonds. The Morgan fingerprint density at radius 2 is 1.78 bits per heavy atom. The maximum absolute atomic E-state index is 6.27. The molecule has 0 radical (unpaired) electrons. The Hall–Kier alpha value is -2.05. The van der Waals surface area contributed by atoms with Gasteiger partial charge in [-0.25, -0.2) is 0 Å². The third-order valence-electron chi connectivity index (χ3n) is 5.16. The number of allylic oxidation sites excluding steroid dienone is 5. The van der Waals surface area contributed by atoms with Crippen LogP contribution >= 0.6 is 11.6 Å². The first kappa shape index (κ1) is 14.5. The Bertz CT molecular complexity index is 894. The fourth-order valence-corrected chi connectivity index (χ4v) is 4.09. The molecule has 0 nitrogen and oxygen atoms in total. The van der Waals surface area contributed by atoms with Gasteiger partial charge in [-0.2, -0.15) is 0 Å². The van der Waals surface area contributed by atoms with E-state index in [-0.39, 0.29) is 5.41 Å². The number of halogens is 1. The van der Waals surface area contributed by atoms with Gasteiger partial charge in [-0.3, -0.25) is 0 Å². The van der Waals surface area contributed by atoms with Crippen LogP contribution < -0.4 is 0 Å². The van der Waals surface area contributed by atoms with Crippen molar-refractivity contribution in [3.8, 4) is 0 Å². The van der Waals surface area contributed by atoms with E-state index < -0.39 is 0 Å². The summed E-state index contributed by atoms with van der Waals surface area (Å²) in [5, 5.41) is 0.807. The minimum absolute atomic E-state index is 0.0291. The van der Waals surface area contributed by atoms with Gasteiger partial charge in [-0.15, -0.1) is 0 Å². The zero-order valence-electron chi connectivity index (χ0n) is 13.5. The summed E-state index contributed by atoms with van der Waals surface area (Å²) >= 11 is 6.27. The van der Waals surface area contributed by atoms with Crippen molar-refractivity contribution in [2.45, 2.75) is 25.7 Å². The summed E-state index contributed by atoms with van der Waals surface area (Å²) in [6.07, 6.45) is 5.34. The van der Waals surface area contributed by atoms with Crippen molar-refractivity contribution in [3.63, 3.8) is 0 Å². The minimum atomic E-state index is -0.0291. The van der Waals surface area contributed by atoms with E-state index in [9.17, 15) is 0 Å². The van der Waals surface area contributed by atoms with E-state index >= 15 is 0 Å². The zero-order chi connectivity index (χ0) is 16.2. The second kappa shape index (κ2) is 4.97. The lowest BCUT2D eigenvalue weighted by Crippen LogP contribution is -2.16. The van der Waals surface area contributed by atoms with Crippen LogP contribution in [0.25, 0.3) is 11.1 Å². The van der Waals surface area contributed by atoms with Crippen LogP contribution in [0.5, 0.6) is 0 Å². The average molecular weight is 319 g/mol. The van der Waals surface area contributed by atoms with Crippen molar-refractivity contribution in [1.82, 2.24) is 0 Å². The van der Waals surface area contributed by atoms with Gasteiger partial charge in [0.05, 0.1) is 0 Å². The van der Waals surface area contributed by atoms with Crippen LogP contribution in [0.2, 0.25) is 5.02 Å². The quantitative estimate of drug-likeness (QED) is 0.541. The third kappa shape index (κ3) is 2.13. The minimum Gasteiger partial charge on any atom is -0.0911 e. The van der Waals surface area contributed by atoms with Crippen molar-refractivity contribution in [1.29, 1.82) is 0 Å². The van der Waals surface area contributed by atoms with Crippen LogP contribution in [0.15, 0.2) is 66.8 Å². The van der Waals surface area contributed by atoms with Crippen LogP contribution in [0.1, 0.15) is 36.1 Å². The third-order valence-corrected chi connectivity index (χ3v) is 5.40. The van der Waals surface area contributed by atoms with Crippen LogP contribution in [-0.2, 0) is 11.8 Å². The van der Waals surface area contributed by atoms with Crippen LogP contribution in [0, 0.1) is 0 Å². The molecule has 0 atom stereocenters. The molecular weight excluding hydrogens is 300 g/mol. The molecular formula is C22H19Cl. The van der Waals surface area contributed by atoms with Crippen LogP contribution in [0.3, 0.4) is 0 Å². The molecule has 1 heteroatoms. The number of hydrogen-bond acceptors (Lipinski definition) is 0. The van der Waals surface area contributed by atoms with Gasteiger partial charge in [0, 0.05) is 10.4 Å². The Morgan fingerprint density at radius 1 is 1.00 bits per heavy atom. The van der Waals surface area contributed by atoms with Gasteiger partial charge >= 0.3 is 0 Å². The summed E-state index contributed by atoms with van der Waals surface area (Å²) in [5.74, 6) is 0. The Balaban J connectivity index is 1.98. The SMILES string of the molecule is C=C1/C=C\C2=C(Cc3ccccc31)c1ccc(Cl)cc1C2(C)C. The number of rotatable bonds is 0. The van der Waals surface area contributed by atoms with E-state index in [4.69, 9.17) is 11.6 Å². The largest absolute Gasteiger partial charge is 0.0911 e. The molecule has 4 rings (SSSR count). The van der Waals surface area contributed by atoms with Crippen molar-refractivity contribution in [3.05, 3.63) is 94.0 Å². The van der Waals surface area contributed by atoms with E-state index in [1.54, 1.807) is 0 Å². The summed E-state index contributed by atoms with van der Waals surface area (Å²) in [6, 6.07) is 14.9. The molecule has 0 saturated heterocycles. The van der Waals surface area contributed by atoms with Gasteiger partial charge in [-0.05, 0) is 57.5 Å². The van der Waals surface area contributed by atoms with E-state index in [2.05, 4.69) is 69.0 Å². The van der Waals surface area contributed by atoms with Crippen LogP contribution in [0.4, 0.5) is 0 Å². The second-order valence-corrected chi connectivity index (χ2v) is 7.34. The molecule has 0 N–H and O–H groups in total. The van der Waals surface area contributed by atoms with E-state index in [0.717, 1.165) is 17.0 Å². The van der Waals surface area contributed by atoms with Gasteiger partial charge < -0.3 is 0 Å². The summed E-state index contributed by atoms with van der Waals surface area (Å²) < 4.78 is 0. The molecule has 2 aliphatic rings. The standard InChI is InChI=1S/C22H19Cl/c1-14-8-11-20-19(12-15-6-4-5-7-17(14)15)18-10-9-16(23)13-21(18)22(20,2)3/h4-11,13H,1,12H2,2-3H3/b11-8-. The Labute approximate surface area is 142 Å². The lowest BCUT2D eigenvalue weighted by molar-refractivity contribution is 0.653. The molecule has 23 heavy (non-hydrogen) atoms. The van der Waals surface area contributed by atoms with Crippen molar-refractivity contribution < 1.29 is 0 Å². The van der Waals surface area contributed by atoms with E-state index in [1.165, 1.54) is 33.4 Å². The fourth-order valence-electron chi connectivity index (χ4n) is 3.92. The number of benzene rings is 2. The normalized spacial score (nSPS) is 19.5.